The summed E-state index contributed by atoms with van der Waals surface area (Å²) in [5.74, 6) is 7.97. The predicted molar refractivity (Wildman–Crippen MR) is 145 cm³/mol. The van der Waals surface area contributed by atoms with E-state index in [1.54, 1.807) is 0 Å². The molecule has 8 atom stereocenters. The molecule has 0 aliphatic heterocycles. The van der Waals surface area contributed by atoms with E-state index in [0.29, 0.717) is 12.1 Å². The van der Waals surface area contributed by atoms with Crippen LogP contribution in [-0.2, 0) is 0 Å². The van der Waals surface area contributed by atoms with Gasteiger partial charge in [-0.25, -0.2) is 0 Å². The first-order valence-corrected chi connectivity index (χ1v) is 14.0. The van der Waals surface area contributed by atoms with Gasteiger partial charge in [-0.1, -0.05) is 103 Å². The molecule has 0 spiro atoms. The fraction of sp³-hybridized carbons (Fsp3) is 1.00. The van der Waals surface area contributed by atoms with Gasteiger partial charge in [-0.3, -0.25) is 0 Å². The van der Waals surface area contributed by atoms with Crippen molar-refractivity contribution >= 4 is 0 Å². The second-order valence-electron chi connectivity index (χ2n) is 10.3. The van der Waals surface area contributed by atoms with Gasteiger partial charge in [-0.2, -0.15) is 0 Å². The summed E-state index contributed by atoms with van der Waals surface area (Å²) >= 11 is 0. The smallest absolute Gasteiger partial charge is 0.0130 e. The SMILES string of the molecule is CC.CC.CCC1C(C)C(C)C(C)C(CC)C1C.CNC1C(C)CC(C)C(NC)C1C. The van der Waals surface area contributed by atoms with Crippen molar-refractivity contribution in [1.82, 2.24) is 10.6 Å². The van der Waals surface area contributed by atoms with Crippen molar-refractivity contribution in [2.24, 2.45) is 53.3 Å². The molecule has 0 aromatic carbocycles. The molecule has 0 heterocycles. The van der Waals surface area contributed by atoms with Gasteiger partial charge in [0.1, 0.15) is 0 Å². The third-order valence-corrected chi connectivity index (χ3v) is 9.07. The first kappa shape index (κ1) is 33.1. The molecule has 0 amide bonds. The van der Waals surface area contributed by atoms with Crippen LogP contribution in [0.3, 0.4) is 0 Å². The van der Waals surface area contributed by atoms with E-state index in [9.17, 15) is 0 Å². The molecule has 31 heavy (non-hydrogen) atoms. The molecule has 0 aromatic heterocycles. The molecule has 2 nitrogen and oxygen atoms in total. The van der Waals surface area contributed by atoms with Crippen LogP contribution in [0, 0.1) is 53.3 Å². The highest BCUT2D eigenvalue weighted by Gasteiger charge is 2.41. The van der Waals surface area contributed by atoms with Crippen LogP contribution < -0.4 is 10.6 Å². The van der Waals surface area contributed by atoms with Crippen molar-refractivity contribution < 1.29 is 0 Å². The minimum absolute atomic E-state index is 0.675. The fourth-order valence-corrected chi connectivity index (χ4v) is 7.26. The summed E-state index contributed by atoms with van der Waals surface area (Å²) in [6, 6.07) is 1.35. The Bertz CT molecular complexity index is 376. The van der Waals surface area contributed by atoms with Crippen LogP contribution >= 0.6 is 0 Å². The van der Waals surface area contributed by atoms with Crippen LogP contribution in [0.5, 0.6) is 0 Å². The van der Waals surface area contributed by atoms with Crippen LogP contribution in [0.4, 0.5) is 0 Å². The van der Waals surface area contributed by atoms with Gasteiger partial charge in [-0.05, 0) is 73.8 Å². The van der Waals surface area contributed by atoms with Gasteiger partial charge in [0.05, 0.1) is 0 Å². The topological polar surface area (TPSA) is 24.1 Å². The van der Waals surface area contributed by atoms with E-state index in [0.717, 1.165) is 53.3 Å². The van der Waals surface area contributed by atoms with Crippen LogP contribution in [-0.4, -0.2) is 26.2 Å². The van der Waals surface area contributed by atoms with Gasteiger partial charge in [0.2, 0.25) is 0 Å². The van der Waals surface area contributed by atoms with E-state index in [2.05, 4.69) is 87.0 Å². The Morgan fingerprint density at radius 1 is 0.516 bits per heavy atom. The average Bonchev–Trinajstić information content (AvgIpc) is 2.76. The van der Waals surface area contributed by atoms with Crippen LogP contribution in [0.1, 0.15) is 109 Å². The molecule has 0 aromatic rings. The van der Waals surface area contributed by atoms with Gasteiger partial charge in [0.25, 0.3) is 0 Å². The minimum Gasteiger partial charge on any atom is -0.316 e. The third kappa shape index (κ3) is 8.65. The maximum atomic E-state index is 3.45. The third-order valence-electron chi connectivity index (χ3n) is 9.07. The number of rotatable bonds is 4. The minimum atomic E-state index is 0.675. The summed E-state index contributed by atoms with van der Waals surface area (Å²) in [6.45, 7) is 29.7. The van der Waals surface area contributed by atoms with Crippen LogP contribution in [0.15, 0.2) is 0 Å². The van der Waals surface area contributed by atoms with Crippen LogP contribution in [0.25, 0.3) is 0 Å². The lowest BCUT2D eigenvalue weighted by Crippen LogP contribution is -2.54. The molecule has 0 bridgehead atoms. The summed E-state index contributed by atoms with van der Waals surface area (Å²) in [5.41, 5.74) is 0. The Morgan fingerprint density at radius 3 is 1.10 bits per heavy atom. The van der Waals surface area contributed by atoms with E-state index in [-0.39, 0.29) is 0 Å². The van der Waals surface area contributed by atoms with E-state index >= 15 is 0 Å². The first-order chi connectivity index (χ1) is 14.7. The molecule has 0 saturated heterocycles. The van der Waals surface area contributed by atoms with Gasteiger partial charge >= 0.3 is 0 Å². The van der Waals surface area contributed by atoms with Crippen molar-refractivity contribution in [3.63, 3.8) is 0 Å². The maximum Gasteiger partial charge on any atom is 0.0130 e. The van der Waals surface area contributed by atoms with Crippen LogP contribution in [0.2, 0.25) is 0 Å². The summed E-state index contributed by atoms with van der Waals surface area (Å²) in [5, 5.41) is 6.90. The van der Waals surface area contributed by atoms with E-state index in [4.69, 9.17) is 0 Å². The highest BCUT2D eigenvalue weighted by Crippen LogP contribution is 2.47. The Hall–Kier alpha value is -0.0800. The van der Waals surface area contributed by atoms with E-state index in [1.165, 1.54) is 19.3 Å². The molecule has 2 N–H and O–H groups in total. The lowest BCUT2D eigenvalue weighted by atomic mass is 9.57. The second-order valence-corrected chi connectivity index (χ2v) is 10.3. The fourth-order valence-electron chi connectivity index (χ4n) is 7.26. The molecule has 2 aliphatic carbocycles. The zero-order valence-electron chi connectivity index (χ0n) is 24.5. The van der Waals surface area contributed by atoms with E-state index in [1.807, 2.05) is 27.7 Å². The molecule has 2 fully saturated rings. The Kier molecular flexibility index (Phi) is 18.6. The molecule has 2 heteroatoms. The molecular formula is C29H64N2. The van der Waals surface area contributed by atoms with Gasteiger partial charge < -0.3 is 10.6 Å². The number of nitrogens with one attached hydrogen (secondary N) is 2. The summed E-state index contributed by atoms with van der Waals surface area (Å²) in [6.07, 6.45) is 4.08. The molecule has 2 rings (SSSR count). The zero-order valence-corrected chi connectivity index (χ0v) is 24.5. The van der Waals surface area contributed by atoms with Crippen molar-refractivity contribution in [3.05, 3.63) is 0 Å². The van der Waals surface area contributed by atoms with Crippen molar-refractivity contribution in [2.45, 2.75) is 121 Å². The zero-order chi connectivity index (χ0) is 24.9. The molecule has 190 valence electrons. The average molecular weight is 441 g/mol. The van der Waals surface area contributed by atoms with Gasteiger partial charge in [0, 0.05) is 12.1 Å². The first-order valence-electron chi connectivity index (χ1n) is 14.0. The van der Waals surface area contributed by atoms with Crippen molar-refractivity contribution in [3.8, 4) is 0 Å². The molecular weight excluding hydrogens is 376 g/mol. The Morgan fingerprint density at radius 2 is 0.839 bits per heavy atom. The molecule has 8 unspecified atom stereocenters. The summed E-state index contributed by atoms with van der Waals surface area (Å²) in [4.78, 5) is 0. The molecule has 2 saturated carbocycles. The lowest BCUT2D eigenvalue weighted by Gasteiger charge is -2.48. The van der Waals surface area contributed by atoms with Gasteiger partial charge in [-0.15, -0.1) is 0 Å². The second kappa shape index (κ2) is 17.4. The van der Waals surface area contributed by atoms with Gasteiger partial charge in [0.15, 0.2) is 0 Å². The highest BCUT2D eigenvalue weighted by atomic mass is 15.0. The Balaban J connectivity index is 0. The molecule has 0 radical (unpaired) electrons. The highest BCUT2D eigenvalue weighted by molar-refractivity contribution is 4.94. The number of hydrogen-bond acceptors (Lipinski definition) is 2. The quantitative estimate of drug-likeness (QED) is 0.461. The molecule has 2 aliphatic rings. The summed E-state index contributed by atoms with van der Waals surface area (Å²) in [7, 11) is 4.17. The summed E-state index contributed by atoms with van der Waals surface area (Å²) < 4.78 is 0. The Labute approximate surface area is 199 Å². The normalized spacial score (nSPS) is 42.1. The van der Waals surface area contributed by atoms with Crippen molar-refractivity contribution in [2.75, 3.05) is 14.1 Å². The van der Waals surface area contributed by atoms with Crippen molar-refractivity contribution in [1.29, 1.82) is 0 Å². The van der Waals surface area contributed by atoms with E-state index < -0.39 is 0 Å². The standard InChI is InChI=1S/C14H28.C11H24N2.2C2H6/c1-7-13-10(4)9(3)11(5)14(8-2)12(13)6;1-7-6-8(2)11(13-5)9(3)10(7)12-4;2*1-2/h9-14H,7-8H2,1-6H3;7-13H,6H2,1-5H3;2*1-2H3. The maximum absolute atomic E-state index is 3.45. The predicted octanol–water partition coefficient (Wildman–Crippen LogP) is 8.12. The monoisotopic (exact) mass is 441 g/mol. The number of hydrogen-bond donors (Lipinski definition) is 2. The lowest BCUT2D eigenvalue weighted by molar-refractivity contribution is 0.00780. The largest absolute Gasteiger partial charge is 0.316 e.